The van der Waals surface area contributed by atoms with Gasteiger partial charge in [-0.2, -0.15) is 0 Å². The van der Waals surface area contributed by atoms with E-state index in [1.165, 1.54) is 5.56 Å². The third-order valence-corrected chi connectivity index (χ3v) is 3.96. The number of nitrogens with zero attached hydrogens (tertiary/aromatic N) is 3. The van der Waals surface area contributed by atoms with Gasteiger partial charge in [-0.05, 0) is 17.7 Å². The van der Waals surface area contributed by atoms with Gasteiger partial charge in [-0.25, -0.2) is 0 Å². The molecule has 4 nitrogen and oxygen atoms in total. The Morgan fingerprint density at radius 2 is 2.25 bits per heavy atom. The maximum atomic E-state index is 5.23. The second-order valence-electron chi connectivity index (χ2n) is 4.29. The highest BCUT2D eigenvalue weighted by atomic mass is 32.2. The molecular weight excluding hydrogens is 270 g/mol. The Hall–Kier alpha value is -1.75. The Morgan fingerprint density at radius 3 is 2.95 bits per heavy atom. The number of aryl methyl sites for hydroxylation is 1. The second-order valence-corrected chi connectivity index (χ2v) is 5.23. The molecule has 0 unspecified atom stereocenters. The minimum absolute atomic E-state index is 0.747. The first kappa shape index (κ1) is 14.7. The van der Waals surface area contributed by atoms with Gasteiger partial charge in [0, 0.05) is 18.7 Å². The van der Waals surface area contributed by atoms with Crippen molar-refractivity contribution in [1.29, 1.82) is 0 Å². The summed E-state index contributed by atoms with van der Waals surface area (Å²) >= 11 is 1.68. The van der Waals surface area contributed by atoms with Gasteiger partial charge in [0.2, 0.25) is 0 Å². The zero-order valence-corrected chi connectivity index (χ0v) is 12.7. The van der Waals surface area contributed by atoms with Crippen LogP contribution < -0.4 is 4.74 Å². The topological polar surface area (TPSA) is 39.9 Å². The Labute approximate surface area is 123 Å². The summed E-state index contributed by atoms with van der Waals surface area (Å²) in [5.41, 5.74) is 1.21. The molecule has 106 valence electrons. The van der Waals surface area contributed by atoms with Crippen LogP contribution >= 0.6 is 11.8 Å². The number of rotatable bonds is 7. The average molecular weight is 289 g/mol. The van der Waals surface area contributed by atoms with Crippen LogP contribution in [0.3, 0.4) is 0 Å². The van der Waals surface area contributed by atoms with Crippen LogP contribution in [0.2, 0.25) is 0 Å². The molecule has 0 fully saturated rings. The Morgan fingerprint density at radius 1 is 1.40 bits per heavy atom. The van der Waals surface area contributed by atoms with Crippen LogP contribution in [0.25, 0.3) is 0 Å². The molecule has 20 heavy (non-hydrogen) atoms. The molecule has 1 heterocycles. The van der Waals surface area contributed by atoms with E-state index in [1.807, 2.05) is 24.3 Å². The fraction of sp³-hybridized carbons (Fsp3) is 0.333. The first-order valence-electron chi connectivity index (χ1n) is 6.57. The number of ether oxygens (including phenoxy) is 1. The molecule has 0 aliphatic rings. The van der Waals surface area contributed by atoms with Crippen LogP contribution in [0.5, 0.6) is 5.75 Å². The lowest BCUT2D eigenvalue weighted by Gasteiger charge is -2.07. The zero-order valence-electron chi connectivity index (χ0n) is 11.9. The highest BCUT2D eigenvalue weighted by Crippen LogP contribution is 2.24. The van der Waals surface area contributed by atoms with Crippen molar-refractivity contribution in [2.24, 2.45) is 0 Å². The van der Waals surface area contributed by atoms with Crippen molar-refractivity contribution in [2.45, 2.75) is 30.8 Å². The van der Waals surface area contributed by atoms with Crippen LogP contribution in [0.15, 0.2) is 42.1 Å². The van der Waals surface area contributed by atoms with Gasteiger partial charge >= 0.3 is 0 Å². The summed E-state index contributed by atoms with van der Waals surface area (Å²) in [6.07, 6.45) is 2.75. The number of hydrogen-bond acceptors (Lipinski definition) is 4. The van der Waals surface area contributed by atoms with E-state index >= 15 is 0 Å². The van der Waals surface area contributed by atoms with Gasteiger partial charge < -0.3 is 9.30 Å². The van der Waals surface area contributed by atoms with E-state index in [9.17, 15) is 0 Å². The second kappa shape index (κ2) is 7.14. The minimum atomic E-state index is 0.747. The summed E-state index contributed by atoms with van der Waals surface area (Å²) in [5, 5.41) is 9.41. The van der Waals surface area contributed by atoms with Crippen LogP contribution in [0, 0.1) is 0 Å². The highest BCUT2D eigenvalue weighted by molar-refractivity contribution is 7.98. The molecule has 0 spiro atoms. The molecule has 0 bridgehead atoms. The Bertz CT molecular complexity index is 580. The van der Waals surface area contributed by atoms with Gasteiger partial charge in [-0.3, -0.25) is 0 Å². The van der Waals surface area contributed by atoms with E-state index in [2.05, 4.69) is 34.3 Å². The number of hydrogen-bond donors (Lipinski definition) is 0. The van der Waals surface area contributed by atoms with Crippen molar-refractivity contribution < 1.29 is 4.74 Å². The molecule has 0 amide bonds. The molecule has 0 aliphatic carbocycles. The molecule has 1 aromatic heterocycles. The third-order valence-electron chi connectivity index (χ3n) is 2.92. The quantitative estimate of drug-likeness (QED) is 0.579. The van der Waals surface area contributed by atoms with Crippen molar-refractivity contribution in [3.8, 4) is 5.75 Å². The molecule has 1 aromatic carbocycles. The van der Waals surface area contributed by atoms with E-state index in [1.54, 1.807) is 18.9 Å². The number of benzene rings is 1. The van der Waals surface area contributed by atoms with Crippen LogP contribution in [-0.4, -0.2) is 21.9 Å². The molecule has 2 aromatic rings. The summed E-state index contributed by atoms with van der Waals surface area (Å²) in [6.45, 7) is 6.62. The van der Waals surface area contributed by atoms with Crippen LogP contribution in [-0.2, 0) is 18.7 Å². The van der Waals surface area contributed by atoms with E-state index < -0.39 is 0 Å². The zero-order chi connectivity index (χ0) is 14.4. The first-order chi connectivity index (χ1) is 9.78. The minimum Gasteiger partial charge on any atom is -0.497 e. The lowest BCUT2D eigenvalue weighted by Crippen LogP contribution is -2.02. The summed E-state index contributed by atoms with van der Waals surface area (Å²) in [6, 6.07) is 8.08. The molecule has 0 saturated carbocycles. The number of allylic oxidation sites excluding steroid dienone is 1. The largest absolute Gasteiger partial charge is 0.497 e. The van der Waals surface area contributed by atoms with Crippen LogP contribution in [0.1, 0.15) is 18.3 Å². The summed E-state index contributed by atoms with van der Waals surface area (Å²) in [5.74, 6) is 2.72. The predicted molar refractivity (Wildman–Crippen MR) is 82.2 cm³/mol. The molecule has 0 N–H and O–H groups in total. The normalized spacial score (nSPS) is 10.5. The summed E-state index contributed by atoms with van der Waals surface area (Å²) < 4.78 is 7.34. The number of thioether (sulfide) groups is 1. The van der Waals surface area contributed by atoms with Crippen molar-refractivity contribution in [2.75, 3.05) is 7.11 Å². The van der Waals surface area contributed by atoms with Gasteiger partial charge in [0.15, 0.2) is 5.16 Å². The molecule has 0 atom stereocenters. The lowest BCUT2D eigenvalue weighted by atomic mass is 10.2. The first-order valence-corrected chi connectivity index (χ1v) is 7.55. The highest BCUT2D eigenvalue weighted by Gasteiger charge is 2.10. The molecule has 0 saturated heterocycles. The van der Waals surface area contributed by atoms with Gasteiger partial charge in [0.05, 0.1) is 7.11 Å². The maximum absolute atomic E-state index is 5.23. The smallest absolute Gasteiger partial charge is 0.191 e. The SMILES string of the molecule is C=CCn1c(CC)nnc1SCc1cccc(OC)c1. The average Bonchev–Trinajstić information content (AvgIpc) is 2.88. The number of aromatic nitrogens is 3. The lowest BCUT2D eigenvalue weighted by molar-refractivity contribution is 0.414. The third kappa shape index (κ3) is 3.42. The van der Waals surface area contributed by atoms with Gasteiger partial charge in [-0.15, -0.1) is 16.8 Å². The Balaban J connectivity index is 2.10. The van der Waals surface area contributed by atoms with Gasteiger partial charge in [0.1, 0.15) is 11.6 Å². The fourth-order valence-electron chi connectivity index (χ4n) is 1.91. The molecule has 5 heteroatoms. The van der Waals surface area contributed by atoms with E-state index in [-0.39, 0.29) is 0 Å². The summed E-state index contributed by atoms with van der Waals surface area (Å²) in [7, 11) is 1.68. The van der Waals surface area contributed by atoms with Gasteiger partial charge in [-0.1, -0.05) is 36.9 Å². The summed E-state index contributed by atoms with van der Waals surface area (Å²) in [4.78, 5) is 0. The molecule has 0 radical (unpaired) electrons. The Kier molecular flexibility index (Phi) is 5.24. The molecule has 2 rings (SSSR count). The van der Waals surface area contributed by atoms with Crippen molar-refractivity contribution in [3.63, 3.8) is 0 Å². The monoisotopic (exact) mass is 289 g/mol. The van der Waals surface area contributed by atoms with Crippen LogP contribution in [0.4, 0.5) is 0 Å². The van der Waals surface area contributed by atoms with Crippen molar-refractivity contribution in [1.82, 2.24) is 14.8 Å². The molecular formula is C15H19N3OS. The van der Waals surface area contributed by atoms with E-state index in [0.717, 1.165) is 35.4 Å². The molecule has 0 aliphatic heterocycles. The van der Waals surface area contributed by atoms with E-state index in [0.29, 0.717) is 0 Å². The maximum Gasteiger partial charge on any atom is 0.191 e. The predicted octanol–water partition coefficient (Wildman–Crippen LogP) is 3.33. The fourth-order valence-corrected chi connectivity index (χ4v) is 2.82. The standard InChI is InChI=1S/C15H19N3OS/c1-4-9-18-14(5-2)16-17-15(18)20-11-12-7-6-8-13(10-12)19-3/h4,6-8,10H,1,5,9,11H2,2-3H3. The van der Waals surface area contributed by atoms with Crippen molar-refractivity contribution >= 4 is 11.8 Å². The van der Waals surface area contributed by atoms with E-state index in [4.69, 9.17) is 4.74 Å². The van der Waals surface area contributed by atoms with Gasteiger partial charge in [0.25, 0.3) is 0 Å². The number of methoxy groups -OCH3 is 1. The van der Waals surface area contributed by atoms with Crippen molar-refractivity contribution in [3.05, 3.63) is 48.3 Å².